The van der Waals surface area contributed by atoms with Gasteiger partial charge in [0.15, 0.2) is 18.1 Å². The number of benzene rings is 2. The normalized spacial score (nSPS) is 18.7. The lowest BCUT2D eigenvalue weighted by Crippen LogP contribution is -2.59. The molecule has 7 rings (SSSR count). The summed E-state index contributed by atoms with van der Waals surface area (Å²) in [6.45, 7) is 0.277. The Kier molecular flexibility index (Phi) is 9.23. The maximum absolute atomic E-state index is 13.6. The average Bonchev–Trinajstić information content (AvgIpc) is 3.09. The van der Waals surface area contributed by atoms with Gasteiger partial charge in [-0.15, -0.1) is 0 Å². The molecule has 1 saturated heterocycles. The van der Waals surface area contributed by atoms with Gasteiger partial charge in [0, 0.05) is 56.5 Å². The Balaban J connectivity index is 1.29. The number of piperidine rings is 1. The van der Waals surface area contributed by atoms with E-state index in [1.54, 1.807) is 55.8 Å². The van der Waals surface area contributed by atoms with Crippen LogP contribution in [0.3, 0.4) is 0 Å². The summed E-state index contributed by atoms with van der Waals surface area (Å²) in [6.07, 6.45) is 3.37. The number of methoxy groups -OCH3 is 2. The Labute approximate surface area is 270 Å². The van der Waals surface area contributed by atoms with Crippen molar-refractivity contribution in [3.05, 3.63) is 94.0 Å². The van der Waals surface area contributed by atoms with E-state index in [-0.39, 0.29) is 44.1 Å². The van der Waals surface area contributed by atoms with Crippen LogP contribution in [0.5, 0.6) is 23.0 Å². The molecule has 0 aliphatic carbocycles. The third-order valence-electron chi connectivity index (χ3n) is 8.28. The Morgan fingerprint density at radius 1 is 0.979 bits per heavy atom. The van der Waals surface area contributed by atoms with Crippen LogP contribution in [-0.2, 0) is 22.6 Å². The minimum atomic E-state index is -0.653. The first-order valence-electron chi connectivity index (χ1n) is 15.3. The van der Waals surface area contributed by atoms with Crippen molar-refractivity contribution in [1.82, 2.24) is 24.9 Å². The second-order valence-electron chi connectivity index (χ2n) is 11.3. The molecule has 5 heterocycles. The third-order valence-corrected chi connectivity index (χ3v) is 8.28. The lowest BCUT2D eigenvalue weighted by atomic mass is 10.0. The van der Waals surface area contributed by atoms with Crippen molar-refractivity contribution in [1.29, 1.82) is 0 Å². The number of carbonyl (C=O) groups is 3. The van der Waals surface area contributed by atoms with Gasteiger partial charge in [0.05, 0.1) is 20.3 Å². The van der Waals surface area contributed by atoms with Gasteiger partial charge >= 0.3 is 0 Å². The molecule has 2 N–H and O–H groups in total. The molecule has 13 heteroatoms. The molecular formula is C34H35N5O8. The molecule has 4 bridgehead atoms. The standard InChI is InChI=1S/C34H35N5O8/c1-44-27-10-6-21-7-11-31(40)36-17-22-8-9-23(16-28(22)45-2)47-26-12-14-38(19-25(26)37-32(41)20-46-29(27)15-21)33(42)24-18-35-30-5-3-4-13-39(30)34(24)43/h3-6,8-10,13,15-16,18,25-26H,7,11-12,14,17,19-20H2,1-2H3,(H,36,40)(H,37,41)/t25-,26+/m1/s1. The Morgan fingerprint density at radius 2 is 1.83 bits per heavy atom. The zero-order chi connectivity index (χ0) is 32.9. The predicted molar refractivity (Wildman–Crippen MR) is 170 cm³/mol. The molecule has 0 unspecified atom stereocenters. The highest BCUT2D eigenvalue weighted by Crippen LogP contribution is 2.30. The highest BCUT2D eigenvalue weighted by Gasteiger charge is 2.35. The quantitative estimate of drug-likeness (QED) is 0.343. The van der Waals surface area contributed by atoms with E-state index >= 15 is 0 Å². The number of nitrogens with zero attached hydrogens (tertiary/aromatic N) is 3. The first-order chi connectivity index (χ1) is 22.8. The zero-order valence-corrected chi connectivity index (χ0v) is 26.1. The molecular weight excluding hydrogens is 606 g/mol. The lowest BCUT2D eigenvalue weighted by molar-refractivity contribution is -0.125. The number of aromatic nitrogens is 2. The number of hydrogen-bond acceptors (Lipinski definition) is 9. The van der Waals surface area contributed by atoms with Gasteiger partial charge in [-0.05, 0) is 48.4 Å². The van der Waals surface area contributed by atoms with Crippen LogP contribution in [-0.4, -0.2) is 78.1 Å². The molecule has 244 valence electrons. The summed E-state index contributed by atoms with van der Waals surface area (Å²) >= 11 is 0. The summed E-state index contributed by atoms with van der Waals surface area (Å²) in [7, 11) is 3.04. The van der Waals surface area contributed by atoms with E-state index < -0.39 is 29.5 Å². The lowest BCUT2D eigenvalue weighted by Gasteiger charge is -2.38. The summed E-state index contributed by atoms with van der Waals surface area (Å²) in [5.41, 5.74) is 1.49. The van der Waals surface area contributed by atoms with Gasteiger partial charge in [0.25, 0.3) is 17.4 Å². The Morgan fingerprint density at radius 3 is 2.66 bits per heavy atom. The first-order valence-corrected chi connectivity index (χ1v) is 15.3. The topological polar surface area (TPSA) is 150 Å². The van der Waals surface area contributed by atoms with Gasteiger partial charge in [-0.2, -0.15) is 0 Å². The molecule has 2 atom stereocenters. The van der Waals surface area contributed by atoms with Crippen molar-refractivity contribution in [2.75, 3.05) is 33.9 Å². The fraction of sp³-hybridized carbons (Fsp3) is 0.324. The van der Waals surface area contributed by atoms with Crippen LogP contribution < -0.4 is 35.1 Å². The number of hydrogen-bond donors (Lipinski definition) is 2. The van der Waals surface area contributed by atoms with Crippen molar-refractivity contribution < 1.29 is 33.3 Å². The number of rotatable bonds is 3. The molecule has 47 heavy (non-hydrogen) atoms. The van der Waals surface area contributed by atoms with Crippen LogP contribution in [0.15, 0.2) is 71.8 Å². The number of likely N-dealkylation sites (tertiary alicyclic amines) is 1. The predicted octanol–water partition coefficient (Wildman–Crippen LogP) is 2.13. The smallest absolute Gasteiger partial charge is 0.270 e. The van der Waals surface area contributed by atoms with E-state index in [1.165, 1.54) is 22.6 Å². The summed E-state index contributed by atoms with van der Waals surface area (Å²) in [5, 5.41) is 5.91. The molecule has 0 spiro atoms. The molecule has 2 aromatic carbocycles. The fourth-order valence-electron chi connectivity index (χ4n) is 5.78. The highest BCUT2D eigenvalue weighted by atomic mass is 16.5. The third kappa shape index (κ3) is 6.98. The number of carbonyl (C=O) groups excluding carboxylic acids is 3. The van der Waals surface area contributed by atoms with Crippen LogP contribution in [0.2, 0.25) is 0 Å². The van der Waals surface area contributed by atoms with Crippen molar-refractivity contribution in [3.63, 3.8) is 0 Å². The van der Waals surface area contributed by atoms with Crippen LogP contribution in [0, 0.1) is 0 Å². The van der Waals surface area contributed by atoms with E-state index in [9.17, 15) is 19.2 Å². The zero-order valence-electron chi connectivity index (χ0n) is 26.1. The number of nitrogens with one attached hydrogen (secondary N) is 2. The fourth-order valence-corrected chi connectivity index (χ4v) is 5.78. The second kappa shape index (κ2) is 13.8. The molecule has 13 nitrogen and oxygen atoms in total. The molecule has 3 aliphatic heterocycles. The van der Waals surface area contributed by atoms with E-state index in [0.29, 0.717) is 41.5 Å². The molecule has 3 amide bonds. The van der Waals surface area contributed by atoms with E-state index in [4.69, 9.17) is 18.9 Å². The summed E-state index contributed by atoms with van der Waals surface area (Å²) in [4.78, 5) is 58.6. The van der Waals surface area contributed by atoms with Crippen LogP contribution in [0.4, 0.5) is 0 Å². The number of fused-ring (bicyclic) bond motifs is 10. The molecule has 3 aliphatic rings. The monoisotopic (exact) mass is 641 g/mol. The second-order valence-corrected chi connectivity index (χ2v) is 11.3. The van der Waals surface area contributed by atoms with Crippen LogP contribution >= 0.6 is 0 Å². The highest BCUT2D eigenvalue weighted by molar-refractivity contribution is 5.94. The minimum absolute atomic E-state index is 0.0711. The van der Waals surface area contributed by atoms with Gasteiger partial charge < -0.3 is 34.5 Å². The summed E-state index contributed by atoms with van der Waals surface area (Å²) in [5.74, 6) is 0.765. The summed E-state index contributed by atoms with van der Waals surface area (Å²) in [6, 6.07) is 15.1. The van der Waals surface area contributed by atoms with Crippen LogP contribution in [0.1, 0.15) is 34.3 Å². The van der Waals surface area contributed by atoms with Crippen LogP contribution in [0.25, 0.3) is 5.65 Å². The van der Waals surface area contributed by atoms with E-state index in [2.05, 4.69) is 15.6 Å². The van der Waals surface area contributed by atoms with Gasteiger partial charge in [-0.1, -0.05) is 12.1 Å². The molecule has 0 radical (unpaired) electrons. The maximum Gasteiger partial charge on any atom is 0.270 e. The molecule has 2 aromatic heterocycles. The number of aryl methyl sites for hydroxylation is 1. The van der Waals surface area contributed by atoms with Gasteiger partial charge in [0.2, 0.25) is 5.91 Å². The largest absolute Gasteiger partial charge is 0.496 e. The van der Waals surface area contributed by atoms with Crippen molar-refractivity contribution >= 4 is 23.4 Å². The SMILES string of the molecule is COc1cc2ccc1CNC(=O)CCc1ccc(OC)c(c1)OCC(=O)N[C@@H]1CN(C(=O)c3cnc4ccccn4c3=O)CC[C@@H]1O2. The van der Waals surface area contributed by atoms with E-state index in [1.807, 2.05) is 12.1 Å². The minimum Gasteiger partial charge on any atom is -0.496 e. The van der Waals surface area contributed by atoms with Crippen molar-refractivity contribution in [2.45, 2.75) is 38.0 Å². The number of ether oxygens (including phenoxy) is 4. The van der Waals surface area contributed by atoms with Crippen molar-refractivity contribution in [3.8, 4) is 23.0 Å². The van der Waals surface area contributed by atoms with Crippen molar-refractivity contribution in [2.24, 2.45) is 0 Å². The Hall–Kier alpha value is -5.59. The first kappa shape index (κ1) is 31.4. The maximum atomic E-state index is 13.6. The number of pyridine rings is 1. The van der Waals surface area contributed by atoms with Gasteiger partial charge in [-0.25, -0.2) is 4.98 Å². The van der Waals surface area contributed by atoms with Gasteiger partial charge in [-0.3, -0.25) is 23.6 Å². The Bertz CT molecular complexity index is 1880. The summed E-state index contributed by atoms with van der Waals surface area (Å²) < 4.78 is 24.6. The van der Waals surface area contributed by atoms with Gasteiger partial charge in [0.1, 0.15) is 28.8 Å². The van der Waals surface area contributed by atoms with E-state index in [0.717, 1.165) is 11.1 Å². The average molecular weight is 642 g/mol. The number of amides is 3. The molecule has 1 fully saturated rings. The molecule has 0 saturated carbocycles. The molecule has 4 aromatic rings.